The molecular formula is C16H28N4. The lowest BCUT2D eigenvalue weighted by atomic mass is 9.98. The van der Waals surface area contributed by atoms with Crippen LogP contribution in [0.4, 0.5) is 0 Å². The van der Waals surface area contributed by atoms with Crippen molar-refractivity contribution in [3.05, 3.63) is 36.2 Å². The summed E-state index contributed by atoms with van der Waals surface area (Å²) in [5.74, 6) is 0.810. The van der Waals surface area contributed by atoms with Crippen LogP contribution >= 0.6 is 0 Å². The minimum atomic E-state index is 0.810. The third-order valence-corrected chi connectivity index (χ3v) is 3.64. The van der Waals surface area contributed by atoms with Crippen LogP contribution in [0, 0.1) is 5.92 Å². The van der Waals surface area contributed by atoms with Gasteiger partial charge in [0.2, 0.25) is 0 Å². The second-order valence-electron chi connectivity index (χ2n) is 5.28. The second kappa shape index (κ2) is 9.50. The number of hydrogen-bond donors (Lipinski definition) is 2. The highest BCUT2D eigenvalue weighted by molar-refractivity contribution is 5.38. The van der Waals surface area contributed by atoms with Crippen LogP contribution in [0.25, 0.3) is 0 Å². The van der Waals surface area contributed by atoms with Crippen molar-refractivity contribution in [2.24, 2.45) is 10.9 Å². The van der Waals surface area contributed by atoms with E-state index < -0.39 is 0 Å². The molecule has 1 aliphatic heterocycles. The molecule has 20 heavy (non-hydrogen) atoms. The summed E-state index contributed by atoms with van der Waals surface area (Å²) < 4.78 is 0. The van der Waals surface area contributed by atoms with Crippen LogP contribution in [0.15, 0.2) is 41.2 Å². The van der Waals surface area contributed by atoms with Crippen molar-refractivity contribution in [3.63, 3.8) is 0 Å². The van der Waals surface area contributed by atoms with Gasteiger partial charge >= 0.3 is 0 Å². The average Bonchev–Trinajstić information content (AvgIpc) is 2.48. The molecule has 0 spiro atoms. The predicted molar refractivity (Wildman–Crippen MR) is 87.8 cm³/mol. The molecule has 112 valence electrons. The summed E-state index contributed by atoms with van der Waals surface area (Å²) in [6.07, 6.45) is 8.42. The third-order valence-electron chi connectivity index (χ3n) is 3.64. The Balaban J connectivity index is 2.30. The van der Waals surface area contributed by atoms with Gasteiger partial charge in [0, 0.05) is 18.9 Å². The average molecular weight is 276 g/mol. The van der Waals surface area contributed by atoms with Gasteiger partial charge in [-0.05, 0) is 63.7 Å². The summed E-state index contributed by atoms with van der Waals surface area (Å²) >= 11 is 0. The van der Waals surface area contributed by atoms with E-state index in [0.717, 1.165) is 43.5 Å². The van der Waals surface area contributed by atoms with Crippen LogP contribution in [0.1, 0.15) is 19.8 Å². The fourth-order valence-corrected chi connectivity index (χ4v) is 2.22. The molecule has 2 N–H and O–H groups in total. The number of aliphatic imine (C=N–C) groups is 1. The van der Waals surface area contributed by atoms with Gasteiger partial charge in [-0.15, -0.1) is 0 Å². The Bertz CT molecular complexity index is 365. The fourth-order valence-electron chi connectivity index (χ4n) is 2.22. The SMILES string of the molecule is C=CC(/C=C\N(C)CNCC1CCNCC1)=C(/C)N=C. The first kappa shape index (κ1) is 16.7. The summed E-state index contributed by atoms with van der Waals surface area (Å²) in [4.78, 5) is 6.05. The van der Waals surface area contributed by atoms with Crippen LogP contribution < -0.4 is 10.6 Å². The number of piperidine rings is 1. The standard InChI is InChI=1S/C16H28N4/c1-5-16(14(2)17-3)8-11-20(4)13-19-12-15-6-9-18-10-7-15/h5,8,11,15,18-19H,1,3,6-7,9-10,12-13H2,2,4H3/b11-8-,16-14+. The molecule has 0 aromatic heterocycles. The van der Waals surface area contributed by atoms with Gasteiger partial charge in [-0.25, -0.2) is 0 Å². The normalized spacial score (nSPS) is 17.9. The van der Waals surface area contributed by atoms with E-state index >= 15 is 0 Å². The maximum Gasteiger partial charge on any atom is 0.0673 e. The Morgan fingerprint density at radius 1 is 1.45 bits per heavy atom. The summed E-state index contributed by atoms with van der Waals surface area (Å²) in [7, 11) is 2.06. The minimum Gasteiger partial charge on any atom is -0.368 e. The first-order valence-electron chi connectivity index (χ1n) is 7.27. The van der Waals surface area contributed by atoms with Gasteiger partial charge in [-0.3, -0.25) is 10.3 Å². The van der Waals surface area contributed by atoms with Gasteiger partial charge in [-0.1, -0.05) is 12.7 Å². The van der Waals surface area contributed by atoms with E-state index in [9.17, 15) is 0 Å². The summed E-state index contributed by atoms with van der Waals surface area (Å²) in [6, 6.07) is 0. The first-order valence-corrected chi connectivity index (χ1v) is 7.27. The molecule has 4 heteroatoms. The van der Waals surface area contributed by atoms with E-state index in [2.05, 4.69) is 40.9 Å². The van der Waals surface area contributed by atoms with Gasteiger partial charge in [0.15, 0.2) is 0 Å². The molecule has 1 saturated heterocycles. The highest BCUT2D eigenvalue weighted by Crippen LogP contribution is 2.10. The molecule has 0 aromatic rings. The van der Waals surface area contributed by atoms with Crippen molar-refractivity contribution in [2.45, 2.75) is 19.8 Å². The Labute approximate surface area is 123 Å². The summed E-state index contributed by atoms with van der Waals surface area (Å²) in [5, 5.41) is 6.90. The molecule has 1 rings (SSSR count). The van der Waals surface area contributed by atoms with E-state index in [1.165, 1.54) is 12.8 Å². The molecule has 0 atom stereocenters. The van der Waals surface area contributed by atoms with Crippen LogP contribution in [-0.4, -0.2) is 45.0 Å². The molecule has 1 fully saturated rings. The number of nitrogens with one attached hydrogen (secondary N) is 2. The maximum atomic E-state index is 3.93. The molecule has 0 amide bonds. The van der Waals surface area contributed by atoms with Crippen molar-refractivity contribution >= 4 is 6.72 Å². The van der Waals surface area contributed by atoms with E-state index in [1.54, 1.807) is 6.08 Å². The fraction of sp³-hybridized carbons (Fsp3) is 0.562. The smallest absolute Gasteiger partial charge is 0.0673 e. The zero-order chi connectivity index (χ0) is 14.8. The quantitative estimate of drug-likeness (QED) is 0.405. The number of nitrogens with zero attached hydrogens (tertiary/aromatic N) is 2. The van der Waals surface area contributed by atoms with Crippen LogP contribution in [0.2, 0.25) is 0 Å². The van der Waals surface area contributed by atoms with Crippen LogP contribution in [-0.2, 0) is 0 Å². The van der Waals surface area contributed by atoms with Gasteiger partial charge in [0.1, 0.15) is 0 Å². The Kier molecular flexibility index (Phi) is 7.92. The molecular weight excluding hydrogens is 248 g/mol. The second-order valence-corrected chi connectivity index (χ2v) is 5.28. The Morgan fingerprint density at radius 3 is 2.75 bits per heavy atom. The number of allylic oxidation sites excluding steroid dienone is 4. The predicted octanol–water partition coefficient (Wildman–Crippen LogP) is 2.14. The lowest BCUT2D eigenvalue weighted by Crippen LogP contribution is -2.36. The molecule has 0 saturated carbocycles. The number of rotatable bonds is 8. The van der Waals surface area contributed by atoms with Gasteiger partial charge < -0.3 is 10.2 Å². The Morgan fingerprint density at radius 2 is 2.15 bits per heavy atom. The van der Waals surface area contributed by atoms with E-state index in [-0.39, 0.29) is 0 Å². The lowest BCUT2D eigenvalue weighted by molar-refractivity contribution is 0.325. The molecule has 0 bridgehead atoms. The van der Waals surface area contributed by atoms with E-state index in [0.29, 0.717) is 0 Å². The Hall–Kier alpha value is -1.39. The van der Waals surface area contributed by atoms with Gasteiger partial charge in [0.25, 0.3) is 0 Å². The molecule has 0 unspecified atom stereocenters. The van der Waals surface area contributed by atoms with Gasteiger partial charge in [0.05, 0.1) is 6.67 Å². The van der Waals surface area contributed by atoms with Crippen molar-refractivity contribution in [1.29, 1.82) is 0 Å². The molecule has 0 radical (unpaired) electrons. The van der Waals surface area contributed by atoms with Crippen molar-refractivity contribution in [2.75, 3.05) is 33.4 Å². The van der Waals surface area contributed by atoms with Crippen molar-refractivity contribution < 1.29 is 0 Å². The lowest BCUT2D eigenvalue weighted by Gasteiger charge is -2.24. The molecule has 0 aromatic carbocycles. The van der Waals surface area contributed by atoms with E-state index in [1.807, 2.05) is 19.2 Å². The molecule has 4 nitrogen and oxygen atoms in total. The zero-order valence-corrected chi connectivity index (χ0v) is 12.9. The highest BCUT2D eigenvalue weighted by Gasteiger charge is 2.11. The van der Waals surface area contributed by atoms with Crippen LogP contribution in [0.5, 0.6) is 0 Å². The summed E-state index contributed by atoms with van der Waals surface area (Å²) in [6.45, 7) is 13.5. The molecule has 1 heterocycles. The topological polar surface area (TPSA) is 39.7 Å². The van der Waals surface area contributed by atoms with E-state index in [4.69, 9.17) is 0 Å². The molecule has 0 aliphatic carbocycles. The molecule has 1 aliphatic rings. The first-order chi connectivity index (χ1) is 9.67. The van der Waals surface area contributed by atoms with Gasteiger partial charge in [-0.2, -0.15) is 0 Å². The highest BCUT2D eigenvalue weighted by atomic mass is 15.2. The minimum absolute atomic E-state index is 0.810. The van der Waals surface area contributed by atoms with Crippen LogP contribution in [0.3, 0.4) is 0 Å². The van der Waals surface area contributed by atoms with Crippen molar-refractivity contribution in [3.8, 4) is 0 Å². The van der Waals surface area contributed by atoms with Crippen molar-refractivity contribution in [1.82, 2.24) is 15.5 Å². The maximum absolute atomic E-state index is 3.93. The zero-order valence-electron chi connectivity index (χ0n) is 12.9. The number of hydrogen-bond acceptors (Lipinski definition) is 4. The third kappa shape index (κ3) is 6.17. The largest absolute Gasteiger partial charge is 0.368 e. The summed E-state index contributed by atoms with van der Waals surface area (Å²) in [5.41, 5.74) is 1.90. The monoisotopic (exact) mass is 276 g/mol.